The molecule has 7 heteroatoms. The number of esters is 2. The number of hydrogen-bond acceptors (Lipinski definition) is 6. The maximum absolute atomic E-state index is 11.2. The van der Waals surface area contributed by atoms with Crippen molar-refractivity contribution in [1.29, 1.82) is 0 Å². The zero-order valence-electron chi connectivity index (χ0n) is 10.4. The molecule has 0 aliphatic rings. The van der Waals surface area contributed by atoms with E-state index in [0.29, 0.717) is 0 Å². The molecular weight excluding hydrogens is 242 g/mol. The third-order valence-electron chi connectivity index (χ3n) is 1.89. The molecule has 0 fully saturated rings. The second-order valence-corrected chi connectivity index (χ2v) is 3.36. The summed E-state index contributed by atoms with van der Waals surface area (Å²) in [6, 6.07) is -0.637. The van der Waals surface area contributed by atoms with Gasteiger partial charge in [0.1, 0.15) is 0 Å². The molecule has 7 nitrogen and oxygen atoms in total. The predicted molar refractivity (Wildman–Crippen MR) is 60.4 cm³/mol. The van der Waals surface area contributed by atoms with Crippen LogP contribution in [0.4, 0.5) is 0 Å². The Balaban J connectivity index is 3.99. The van der Waals surface area contributed by atoms with Crippen molar-refractivity contribution in [3.63, 3.8) is 0 Å². The Hall–Kier alpha value is -2.18. The van der Waals surface area contributed by atoms with Crippen molar-refractivity contribution >= 4 is 23.6 Å². The molecule has 1 amide bonds. The monoisotopic (exact) mass is 257 g/mol. The summed E-state index contributed by atoms with van der Waals surface area (Å²) < 4.78 is 8.78. The maximum atomic E-state index is 11.2. The van der Waals surface area contributed by atoms with E-state index in [2.05, 4.69) is 14.8 Å². The van der Waals surface area contributed by atoms with Gasteiger partial charge in [0, 0.05) is 12.2 Å². The fraction of sp³-hybridized carbons (Fsp3) is 0.455. The van der Waals surface area contributed by atoms with E-state index in [4.69, 9.17) is 0 Å². The molecule has 1 atom stereocenters. The number of rotatable bonds is 6. The number of ether oxygens (including phenoxy) is 2. The fourth-order valence-electron chi connectivity index (χ4n) is 0.774. The van der Waals surface area contributed by atoms with Crippen LogP contribution in [-0.2, 0) is 28.7 Å². The van der Waals surface area contributed by atoms with E-state index in [9.17, 15) is 19.2 Å². The highest BCUT2D eigenvalue weighted by Gasteiger charge is 2.12. The minimum Gasteiger partial charge on any atom is -0.466 e. The number of Topliss-reactive ketones (excluding diaryl/α,β-unsaturated/α-hetero) is 1. The van der Waals surface area contributed by atoms with Crippen molar-refractivity contribution in [1.82, 2.24) is 5.32 Å². The molecular formula is C11H15NO6. The highest BCUT2D eigenvalue weighted by Crippen LogP contribution is 1.87. The van der Waals surface area contributed by atoms with E-state index in [1.807, 2.05) is 0 Å². The van der Waals surface area contributed by atoms with Gasteiger partial charge in [-0.3, -0.25) is 9.59 Å². The number of nitrogens with one attached hydrogen (secondary N) is 1. The molecule has 0 aromatic carbocycles. The summed E-state index contributed by atoms with van der Waals surface area (Å²) >= 11 is 0. The minimum absolute atomic E-state index is 0.208. The van der Waals surface area contributed by atoms with Crippen molar-refractivity contribution < 1.29 is 28.7 Å². The Morgan fingerprint density at radius 1 is 1.17 bits per heavy atom. The molecule has 100 valence electrons. The average Bonchev–Trinajstić information content (AvgIpc) is 2.32. The molecule has 0 radical (unpaired) electrons. The highest BCUT2D eigenvalue weighted by atomic mass is 16.5. The second-order valence-electron chi connectivity index (χ2n) is 3.36. The van der Waals surface area contributed by atoms with Crippen LogP contribution < -0.4 is 5.32 Å². The normalized spacial score (nSPS) is 11.7. The summed E-state index contributed by atoms with van der Waals surface area (Å²) in [5.74, 6) is -2.37. The van der Waals surface area contributed by atoms with Crippen LogP contribution >= 0.6 is 0 Å². The summed E-state index contributed by atoms with van der Waals surface area (Å²) in [5, 5.41) is 2.33. The van der Waals surface area contributed by atoms with E-state index >= 15 is 0 Å². The van der Waals surface area contributed by atoms with E-state index < -0.39 is 30.5 Å². The van der Waals surface area contributed by atoms with E-state index in [0.717, 1.165) is 19.3 Å². The first kappa shape index (κ1) is 15.8. The molecule has 0 aromatic heterocycles. The first-order valence-electron chi connectivity index (χ1n) is 5.09. The second kappa shape index (κ2) is 7.99. The van der Waals surface area contributed by atoms with Gasteiger partial charge in [0.25, 0.3) is 5.91 Å². The van der Waals surface area contributed by atoms with Gasteiger partial charge in [0.05, 0.1) is 13.2 Å². The SMILES string of the molecule is COC(=O)/C=C/C(=O)OCC(=O)NC(C)C(C)=O. The highest BCUT2D eigenvalue weighted by molar-refractivity contribution is 5.93. The van der Waals surface area contributed by atoms with Crippen LogP contribution in [-0.4, -0.2) is 43.4 Å². The molecule has 0 rings (SSSR count). The Labute approximate surface area is 104 Å². The van der Waals surface area contributed by atoms with Gasteiger partial charge >= 0.3 is 11.9 Å². The molecule has 0 aromatic rings. The lowest BCUT2D eigenvalue weighted by Crippen LogP contribution is -2.39. The molecule has 0 aliphatic carbocycles. The number of carbonyl (C=O) groups is 4. The van der Waals surface area contributed by atoms with Crippen LogP contribution in [0.3, 0.4) is 0 Å². The molecule has 0 saturated heterocycles. The van der Waals surface area contributed by atoms with Crippen LogP contribution in [0.2, 0.25) is 0 Å². The lowest BCUT2D eigenvalue weighted by atomic mass is 10.2. The van der Waals surface area contributed by atoms with Gasteiger partial charge in [0.15, 0.2) is 12.4 Å². The van der Waals surface area contributed by atoms with Crippen LogP contribution in [0.25, 0.3) is 0 Å². The largest absolute Gasteiger partial charge is 0.466 e. The van der Waals surface area contributed by atoms with Crippen LogP contribution in [0.1, 0.15) is 13.8 Å². The summed E-state index contributed by atoms with van der Waals surface area (Å²) in [6.45, 7) is 2.32. The lowest BCUT2D eigenvalue weighted by molar-refractivity contribution is -0.144. The average molecular weight is 257 g/mol. The van der Waals surface area contributed by atoms with Crippen LogP contribution in [0.5, 0.6) is 0 Å². The number of carbonyl (C=O) groups excluding carboxylic acids is 4. The van der Waals surface area contributed by atoms with Gasteiger partial charge in [-0.1, -0.05) is 0 Å². The predicted octanol–water partition coefficient (Wildman–Crippen LogP) is -0.647. The summed E-state index contributed by atoms with van der Waals surface area (Å²) in [6.07, 6.45) is 1.71. The smallest absolute Gasteiger partial charge is 0.331 e. The fourth-order valence-corrected chi connectivity index (χ4v) is 0.774. The molecule has 0 spiro atoms. The third kappa shape index (κ3) is 7.15. The van der Waals surface area contributed by atoms with E-state index in [1.165, 1.54) is 13.8 Å². The van der Waals surface area contributed by atoms with Gasteiger partial charge < -0.3 is 14.8 Å². The van der Waals surface area contributed by atoms with Crippen LogP contribution in [0.15, 0.2) is 12.2 Å². The Bertz CT molecular complexity index is 374. The number of methoxy groups -OCH3 is 1. The zero-order valence-corrected chi connectivity index (χ0v) is 10.4. The van der Waals surface area contributed by atoms with Gasteiger partial charge in [-0.2, -0.15) is 0 Å². The molecule has 1 unspecified atom stereocenters. The van der Waals surface area contributed by atoms with Gasteiger partial charge in [-0.05, 0) is 13.8 Å². The summed E-state index contributed by atoms with van der Waals surface area (Å²) in [4.78, 5) is 43.7. The Morgan fingerprint density at radius 2 is 1.72 bits per heavy atom. The summed E-state index contributed by atoms with van der Waals surface area (Å²) in [7, 11) is 1.16. The molecule has 1 N–H and O–H groups in total. The molecule has 0 saturated carbocycles. The number of ketones is 1. The maximum Gasteiger partial charge on any atom is 0.331 e. The molecule has 0 aliphatic heterocycles. The molecule has 18 heavy (non-hydrogen) atoms. The van der Waals surface area contributed by atoms with E-state index in [-0.39, 0.29) is 5.78 Å². The van der Waals surface area contributed by atoms with Crippen molar-refractivity contribution in [2.24, 2.45) is 0 Å². The van der Waals surface area contributed by atoms with Crippen molar-refractivity contribution in [2.75, 3.05) is 13.7 Å². The topological polar surface area (TPSA) is 98.8 Å². The molecule has 0 heterocycles. The van der Waals surface area contributed by atoms with Crippen LogP contribution in [0, 0.1) is 0 Å². The number of amides is 1. The van der Waals surface area contributed by atoms with Gasteiger partial charge in [-0.25, -0.2) is 9.59 Å². The zero-order chi connectivity index (χ0) is 14.1. The molecule has 0 bridgehead atoms. The Kier molecular flexibility index (Phi) is 7.02. The van der Waals surface area contributed by atoms with Gasteiger partial charge in [0.2, 0.25) is 0 Å². The Morgan fingerprint density at radius 3 is 2.22 bits per heavy atom. The first-order chi connectivity index (χ1) is 8.36. The van der Waals surface area contributed by atoms with E-state index in [1.54, 1.807) is 0 Å². The van der Waals surface area contributed by atoms with Crippen molar-refractivity contribution in [2.45, 2.75) is 19.9 Å². The van der Waals surface area contributed by atoms with Crippen molar-refractivity contribution in [3.8, 4) is 0 Å². The lowest BCUT2D eigenvalue weighted by Gasteiger charge is -2.09. The standard InChI is InChI=1S/C11H15NO6/c1-7(8(2)13)12-9(14)6-18-11(16)5-4-10(15)17-3/h4-5,7H,6H2,1-3H3,(H,12,14)/b5-4+. The third-order valence-corrected chi connectivity index (χ3v) is 1.89. The number of hydrogen-bond donors (Lipinski definition) is 1. The first-order valence-corrected chi connectivity index (χ1v) is 5.09. The quantitative estimate of drug-likeness (QED) is 0.501. The minimum atomic E-state index is -0.856. The summed E-state index contributed by atoms with van der Waals surface area (Å²) in [5.41, 5.74) is 0. The van der Waals surface area contributed by atoms with Crippen molar-refractivity contribution in [3.05, 3.63) is 12.2 Å². The van der Waals surface area contributed by atoms with Gasteiger partial charge in [-0.15, -0.1) is 0 Å².